The number of methoxy groups -OCH3 is 1. The standard InChI is InChI=1S/C11H14FNO2/c1-14-9-2-3-11(10(12)6-9)15-7-8-4-5-13-8/h2-3,6,8,13H,4-5,7H2,1H3. The van der Waals surface area contributed by atoms with E-state index in [-0.39, 0.29) is 11.6 Å². The topological polar surface area (TPSA) is 30.5 Å². The fourth-order valence-electron chi connectivity index (χ4n) is 1.41. The van der Waals surface area contributed by atoms with Crippen LogP contribution in [0.5, 0.6) is 11.5 Å². The maximum Gasteiger partial charge on any atom is 0.168 e. The second-order valence-electron chi connectivity index (χ2n) is 3.55. The lowest BCUT2D eigenvalue weighted by Gasteiger charge is -2.27. The fraction of sp³-hybridized carbons (Fsp3) is 0.455. The van der Waals surface area contributed by atoms with Crippen molar-refractivity contribution in [3.63, 3.8) is 0 Å². The van der Waals surface area contributed by atoms with Crippen molar-refractivity contribution >= 4 is 0 Å². The van der Waals surface area contributed by atoms with Gasteiger partial charge in [-0.25, -0.2) is 4.39 Å². The summed E-state index contributed by atoms with van der Waals surface area (Å²) in [7, 11) is 1.51. The Bertz CT molecular complexity index is 339. The van der Waals surface area contributed by atoms with Gasteiger partial charge in [-0.15, -0.1) is 0 Å². The van der Waals surface area contributed by atoms with E-state index in [1.165, 1.54) is 13.2 Å². The third kappa shape index (κ3) is 2.39. The van der Waals surface area contributed by atoms with Gasteiger partial charge in [-0.05, 0) is 25.1 Å². The maximum atomic E-state index is 13.4. The average molecular weight is 211 g/mol. The van der Waals surface area contributed by atoms with E-state index in [1.54, 1.807) is 12.1 Å². The number of benzene rings is 1. The van der Waals surface area contributed by atoms with Crippen LogP contribution in [0, 0.1) is 5.82 Å². The molecule has 0 aromatic heterocycles. The quantitative estimate of drug-likeness (QED) is 0.820. The van der Waals surface area contributed by atoms with Gasteiger partial charge >= 0.3 is 0 Å². The van der Waals surface area contributed by atoms with Crippen LogP contribution in [0.25, 0.3) is 0 Å². The summed E-state index contributed by atoms with van der Waals surface area (Å²) in [6.45, 7) is 1.54. The lowest BCUT2D eigenvalue weighted by molar-refractivity contribution is 0.210. The summed E-state index contributed by atoms with van der Waals surface area (Å²) in [5.41, 5.74) is 0. The van der Waals surface area contributed by atoms with E-state index in [2.05, 4.69) is 5.32 Å². The number of hydrogen-bond acceptors (Lipinski definition) is 3. The van der Waals surface area contributed by atoms with Crippen LogP contribution in [0.15, 0.2) is 18.2 Å². The summed E-state index contributed by atoms with van der Waals surface area (Å²) in [5.74, 6) is 0.403. The Labute approximate surface area is 88.2 Å². The molecule has 0 bridgehead atoms. The van der Waals surface area contributed by atoms with Crippen LogP contribution in [0.4, 0.5) is 4.39 Å². The number of rotatable bonds is 4. The van der Waals surface area contributed by atoms with Crippen molar-refractivity contribution in [3.05, 3.63) is 24.0 Å². The number of hydrogen-bond donors (Lipinski definition) is 1. The lowest BCUT2D eigenvalue weighted by Crippen LogP contribution is -2.46. The molecular formula is C11H14FNO2. The van der Waals surface area contributed by atoms with Gasteiger partial charge in [0.15, 0.2) is 11.6 Å². The van der Waals surface area contributed by atoms with E-state index in [4.69, 9.17) is 9.47 Å². The van der Waals surface area contributed by atoms with Gasteiger partial charge in [-0.3, -0.25) is 0 Å². The minimum Gasteiger partial charge on any atom is -0.497 e. The van der Waals surface area contributed by atoms with E-state index in [0.29, 0.717) is 18.4 Å². The van der Waals surface area contributed by atoms with Crippen molar-refractivity contribution in [1.82, 2.24) is 5.32 Å². The molecule has 1 saturated heterocycles. The third-order valence-electron chi connectivity index (χ3n) is 2.50. The molecule has 15 heavy (non-hydrogen) atoms. The highest BCUT2D eigenvalue weighted by atomic mass is 19.1. The van der Waals surface area contributed by atoms with Crippen molar-refractivity contribution < 1.29 is 13.9 Å². The molecule has 0 spiro atoms. The molecule has 1 aromatic rings. The van der Waals surface area contributed by atoms with Gasteiger partial charge in [-0.2, -0.15) is 0 Å². The minimum absolute atomic E-state index is 0.282. The molecule has 0 amide bonds. The molecule has 1 unspecified atom stereocenters. The normalized spacial score (nSPS) is 19.5. The molecule has 1 aliphatic rings. The Balaban J connectivity index is 1.95. The molecule has 1 N–H and O–H groups in total. The molecule has 1 aromatic carbocycles. The number of halogens is 1. The largest absolute Gasteiger partial charge is 0.497 e. The predicted octanol–water partition coefficient (Wildman–Crippen LogP) is 1.57. The van der Waals surface area contributed by atoms with Gasteiger partial charge in [0.1, 0.15) is 12.4 Å². The molecule has 0 saturated carbocycles. The highest BCUT2D eigenvalue weighted by Gasteiger charge is 2.17. The first kappa shape index (κ1) is 10.2. The summed E-state index contributed by atoms with van der Waals surface area (Å²) in [5, 5.41) is 3.19. The molecule has 3 nitrogen and oxygen atoms in total. The van der Waals surface area contributed by atoms with Crippen molar-refractivity contribution in [2.24, 2.45) is 0 Å². The van der Waals surface area contributed by atoms with E-state index in [0.717, 1.165) is 13.0 Å². The molecule has 0 aliphatic carbocycles. The van der Waals surface area contributed by atoms with E-state index in [1.807, 2.05) is 0 Å². The monoisotopic (exact) mass is 211 g/mol. The van der Waals surface area contributed by atoms with Gasteiger partial charge in [0.2, 0.25) is 0 Å². The SMILES string of the molecule is COc1ccc(OCC2CCN2)c(F)c1. The Morgan fingerprint density at radius 1 is 1.53 bits per heavy atom. The van der Waals surface area contributed by atoms with E-state index in [9.17, 15) is 4.39 Å². The van der Waals surface area contributed by atoms with E-state index >= 15 is 0 Å². The molecule has 4 heteroatoms. The molecule has 0 radical (unpaired) electrons. The summed E-state index contributed by atoms with van der Waals surface area (Å²) >= 11 is 0. The Morgan fingerprint density at radius 3 is 2.87 bits per heavy atom. The molecule has 1 heterocycles. The van der Waals surface area contributed by atoms with Gasteiger partial charge in [0, 0.05) is 12.1 Å². The number of nitrogens with one attached hydrogen (secondary N) is 1. The predicted molar refractivity (Wildman–Crippen MR) is 54.9 cm³/mol. The lowest BCUT2D eigenvalue weighted by atomic mass is 10.1. The van der Waals surface area contributed by atoms with Crippen molar-refractivity contribution in [3.8, 4) is 11.5 Å². The van der Waals surface area contributed by atoms with Crippen molar-refractivity contribution in [2.75, 3.05) is 20.3 Å². The summed E-state index contributed by atoms with van der Waals surface area (Å²) in [6, 6.07) is 4.97. The zero-order chi connectivity index (χ0) is 10.7. The average Bonchev–Trinajstić information content (AvgIpc) is 2.18. The van der Waals surface area contributed by atoms with Crippen LogP contribution in [0.1, 0.15) is 6.42 Å². The molecule has 1 fully saturated rings. The fourth-order valence-corrected chi connectivity index (χ4v) is 1.41. The second-order valence-corrected chi connectivity index (χ2v) is 3.55. The van der Waals surface area contributed by atoms with E-state index < -0.39 is 0 Å². The number of ether oxygens (including phenoxy) is 2. The van der Waals surface area contributed by atoms with Gasteiger partial charge in [0.25, 0.3) is 0 Å². The first-order chi connectivity index (χ1) is 7.29. The smallest absolute Gasteiger partial charge is 0.168 e. The Morgan fingerprint density at radius 2 is 2.33 bits per heavy atom. The first-order valence-corrected chi connectivity index (χ1v) is 4.99. The maximum absolute atomic E-state index is 13.4. The first-order valence-electron chi connectivity index (χ1n) is 4.99. The summed E-state index contributed by atoms with van der Waals surface area (Å²) < 4.78 is 23.6. The molecule has 82 valence electrons. The van der Waals surface area contributed by atoms with Crippen molar-refractivity contribution in [2.45, 2.75) is 12.5 Å². The Hall–Kier alpha value is -1.29. The molecule has 2 rings (SSSR count). The van der Waals surface area contributed by atoms with Crippen LogP contribution < -0.4 is 14.8 Å². The minimum atomic E-state index is -0.381. The van der Waals surface area contributed by atoms with Crippen LogP contribution >= 0.6 is 0 Å². The molecular weight excluding hydrogens is 197 g/mol. The Kier molecular flexibility index (Phi) is 3.06. The summed E-state index contributed by atoms with van der Waals surface area (Å²) in [6.07, 6.45) is 1.10. The van der Waals surface area contributed by atoms with Crippen LogP contribution in [-0.4, -0.2) is 26.3 Å². The van der Waals surface area contributed by atoms with Crippen LogP contribution in [-0.2, 0) is 0 Å². The zero-order valence-corrected chi connectivity index (χ0v) is 8.63. The van der Waals surface area contributed by atoms with Crippen LogP contribution in [0.3, 0.4) is 0 Å². The highest BCUT2D eigenvalue weighted by Crippen LogP contribution is 2.22. The second kappa shape index (κ2) is 4.49. The molecule has 1 atom stereocenters. The van der Waals surface area contributed by atoms with Gasteiger partial charge < -0.3 is 14.8 Å². The van der Waals surface area contributed by atoms with Crippen molar-refractivity contribution in [1.29, 1.82) is 0 Å². The zero-order valence-electron chi connectivity index (χ0n) is 8.63. The molecule has 1 aliphatic heterocycles. The van der Waals surface area contributed by atoms with Gasteiger partial charge in [0.05, 0.1) is 7.11 Å². The highest BCUT2D eigenvalue weighted by molar-refractivity contribution is 5.33. The van der Waals surface area contributed by atoms with Crippen LogP contribution in [0.2, 0.25) is 0 Å². The summed E-state index contributed by atoms with van der Waals surface area (Å²) in [4.78, 5) is 0. The third-order valence-corrected chi connectivity index (χ3v) is 2.50. The van der Waals surface area contributed by atoms with Gasteiger partial charge in [-0.1, -0.05) is 0 Å².